The molecule has 0 atom stereocenters. The molecule has 4 nitrogen and oxygen atoms in total. The average Bonchev–Trinajstić information content (AvgIpc) is 2.53. The number of nitrogens with one attached hydrogen (secondary N) is 1. The number of fused-ring (bicyclic) bond motifs is 1. The number of phenolic OH excluding ortho intramolecular Hbond substituents is 1. The second-order valence-corrected chi connectivity index (χ2v) is 4.89. The summed E-state index contributed by atoms with van der Waals surface area (Å²) in [7, 11) is 0. The maximum absolute atomic E-state index is 9.62. The Morgan fingerprint density at radius 3 is 2.48 bits per heavy atom. The number of aliphatic hydroxyl groups is 1. The van der Waals surface area contributed by atoms with E-state index in [9.17, 15) is 5.11 Å². The first-order chi connectivity index (χ1) is 10.3. The van der Waals surface area contributed by atoms with Gasteiger partial charge in [-0.2, -0.15) is 0 Å². The number of aliphatic hydroxyl groups excluding tert-OH is 1. The Morgan fingerprint density at radius 2 is 1.71 bits per heavy atom. The van der Waals surface area contributed by atoms with Gasteiger partial charge in [-0.25, -0.2) is 4.98 Å². The quantitative estimate of drug-likeness (QED) is 0.687. The molecule has 3 N–H and O–H groups in total. The molecule has 1 aromatic heterocycles. The smallest absolute Gasteiger partial charge is 0.134 e. The lowest BCUT2D eigenvalue weighted by molar-refractivity contribution is 0.282. The van der Waals surface area contributed by atoms with Crippen LogP contribution in [0.2, 0.25) is 0 Å². The zero-order chi connectivity index (χ0) is 14.7. The first kappa shape index (κ1) is 13.4. The molecule has 0 radical (unpaired) electrons. The number of nitrogens with zero attached hydrogens (tertiary/aromatic N) is 1. The van der Waals surface area contributed by atoms with Crippen LogP contribution in [0.15, 0.2) is 54.7 Å². The van der Waals surface area contributed by atoms with Gasteiger partial charge < -0.3 is 15.5 Å². The van der Waals surface area contributed by atoms with Crippen LogP contribution in [0.25, 0.3) is 10.8 Å². The number of pyridine rings is 1. The van der Waals surface area contributed by atoms with Crippen molar-refractivity contribution in [2.45, 2.75) is 13.2 Å². The van der Waals surface area contributed by atoms with Gasteiger partial charge in [-0.1, -0.05) is 30.3 Å². The maximum atomic E-state index is 9.62. The van der Waals surface area contributed by atoms with Crippen LogP contribution in [0.1, 0.15) is 11.1 Å². The lowest BCUT2D eigenvalue weighted by Gasteiger charge is -2.09. The van der Waals surface area contributed by atoms with Crippen LogP contribution in [0.5, 0.6) is 5.75 Å². The van der Waals surface area contributed by atoms with Gasteiger partial charge >= 0.3 is 0 Å². The van der Waals surface area contributed by atoms with E-state index in [1.54, 1.807) is 18.3 Å². The van der Waals surface area contributed by atoms with Gasteiger partial charge in [0, 0.05) is 18.1 Å². The van der Waals surface area contributed by atoms with Crippen molar-refractivity contribution in [2.75, 3.05) is 5.32 Å². The number of rotatable bonds is 4. The topological polar surface area (TPSA) is 65.4 Å². The Morgan fingerprint density at radius 1 is 0.952 bits per heavy atom. The summed E-state index contributed by atoms with van der Waals surface area (Å²) in [6.07, 6.45) is 1.75. The Balaban J connectivity index is 1.82. The van der Waals surface area contributed by atoms with Crippen molar-refractivity contribution >= 4 is 16.6 Å². The molecule has 0 aliphatic carbocycles. The highest BCUT2D eigenvalue weighted by atomic mass is 16.3. The monoisotopic (exact) mass is 280 g/mol. The van der Waals surface area contributed by atoms with Crippen molar-refractivity contribution in [2.24, 2.45) is 0 Å². The van der Waals surface area contributed by atoms with E-state index in [2.05, 4.69) is 10.3 Å². The van der Waals surface area contributed by atoms with E-state index in [1.165, 1.54) is 0 Å². The van der Waals surface area contributed by atoms with Crippen molar-refractivity contribution in [3.63, 3.8) is 0 Å². The number of benzene rings is 2. The second-order valence-electron chi connectivity index (χ2n) is 4.89. The van der Waals surface area contributed by atoms with E-state index in [-0.39, 0.29) is 12.4 Å². The van der Waals surface area contributed by atoms with Gasteiger partial charge in [0.25, 0.3) is 0 Å². The van der Waals surface area contributed by atoms with Gasteiger partial charge in [-0.15, -0.1) is 0 Å². The fourth-order valence-corrected chi connectivity index (χ4v) is 2.25. The molecular formula is C17H16N2O2. The third kappa shape index (κ3) is 2.95. The molecule has 4 heteroatoms. The van der Waals surface area contributed by atoms with Crippen LogP contribution in [0.3, 0.4) is 0 Å². The number of hydrogen-bond acceptors (Lipinski definition) is 4. The van der Waals surface area contributed by atoms with Gasteiger partial charge in [-0.05, 0) is 34.7 Å². The lowest BCUT2D eigenvalue weighted by atomic mass is 10.1. The molecular weight excluding hydrogens is 264 g/mol. The van der Waals surface area contributed by atoms with E-state index in [1.807, 2.05) is 36.4 Å². The summed E-state index contributed by atoms with van der Waals surface area (Å²) >= 11 is 0. The van der Waals surface area contributed by atoms with Gasteiger partial charge in [0.1, 0.15) is 11.6 Å². The highest BCUT2D eigenvalue weighted by molar-refractivity contribution is 5.92. The minimum Gasteiger partial charge on any atom is -0.508 e. The van der Waals surface area contributed by atoms with Crippen molar-refractivity contribution < 1.29 is 10.2 Å². The molecule has 21 heavy (non-hydrogen) atoms. The summed E-state index contributed by atoms with van der Waals surface area (Å²) in [6, 6.07) is 14.9. The third-order valence-electron chi connectivity index (χ3n) is 3.42. The zero-order valence-electron chi connectivity index (χ0n) is 11.5. The summed E-state index contributed by atoms with van der Waals surface area (Å²) in [6.45, 7) is 0.686. The van der Waals surface area contributed by atoms with Crippen molar-refractivity contribution in [3.8, 4) is 5.75 Å². The Labute approximate surface area is 122 Å². The highest BCUT2D eigenvalue weighted by Crippen LogP contribution is 2.25. The molecule has 3 rings (SSSR count). The van der Waals surface area contributed by atoms with Crippen molar-refractivity contribution in [1.82, 2.24) is 4.98 Å². The van der Waals surface area contributed by atoms with E-state index in [0.717, 1.165) is 27.7 Å². The second kappa shape index (κ2) is 5.81. The number of hydrogen-bond donors (Lipinski definition) is 3. The molecule has 0 aliphatic heterocycles. The largest absolute Gasteiger partial charge is 0.508 e. The summed E-state index contributed by atoms with van der Waals surface area (Å²) in [5, 5.41) is 23.9. The van der Waals surface area contributed by atoms with Crippen LogP contribution >= 0.6 is 0 Å². The Hall–Kier alpha value is -2.59. The molecule has 0 spiro atoms. The number of phenols is 1. The summed E-state index contributed by atoms with van der Waals surface area (Å²) in [5.41, 5.74) is 2.00. The van der Waals surface area contributed by atoms with Gasteiger partial charge in [0.2, 0.25) is 0 Å². The normalized spacial score (nSPS) is 10.7. The molecule has 0 bridgehead atoms. The predicted molar refractivity (Wildman–Crippen MR) is 83.1 cm³/mol. The molecule has 0 aliphatic rings. The fourth-order valence-electron chi connectivity index (χ4n) is 2.25. The highest BCUT2D eigenvalue weighted by Gasteiger charge is 2.03. The first-order valence-electron chi connectivity index (χ1n) is 6.76. The average molecular weight is 280 g/mol. The van der Waals surface area contributed by atoms with Crippen LogP contribution in [-0.2, 0) is 13.2 Å². The van der Waals surface area contributed by atoms with Crippen molar-refractivity contribution in [3.05, 3.63) is 65.9 Å². The number of aromatic hydroxyl groups is 1. The molecule has 0 amide bonds. The molecule has 0 saturated heterocycles. The van der Waals surface area contributed by atoms with Crippen LogP contribution in [0.4, 0.5) is 5.82 Å². The van der Waals surface area contributed by atoms with E-state index in [0.29, 0.717) is 6.54 Å². The van der Waals surface area contributed by atoms with Gasteiger partial charge in [0.15, 0.2) is 0 Å². The minimum atomic E-state index is 0.0534. The molecule has 1 heterocycles. The molecule has 106 valence electrons. The minimum absolute atomic E-state index is 0.0534. The molecule has 0 saturated carbocycles. The lowest BCUT2D eigenvalue weighted by Crippen LogP contribution is -2.02. The third-order valence-corrected chi connectivity index (χ3v) is 3.42. The maximum Gasteiger partial charge on any atom is 0.134 e. The van der Waals surface area contributed by atoms with E-state index in [4.69, 9.17) is 5.11 Å². The molecule has 2 aromatic carbocycles. The Bertz CT molecular complexity index is 754. The van der Waals surface area contributed by atoms with Gasteiger partial charge in [-0.3, -0.25) is 0 Å². The van der Waals surface area contributed by atoms with Crippen LogP contribution in [-0.4, -0.2) is 15.2 Å². The summed E-state index contributed by atoms with van der Waals surface area (Å²) < 4.78 is 0. The SMILES string of the molecule is OCc1ccc(CNc2nccc3ccc(O)cc23)cc1. The van der Waals surface area contributed by atoms with Crippen LogP contribution < -0.4 is 5.32 Å². The summed E-state index contributed by atoms with van der Waals surface area (Å²) in [5.74, 6) is 0.973. The molecule has 0 unspecified atom stereocenters. The van der Waals surface area contributed by atoms with Crippen LogP contribution in [0, 0.1) is 0 Å². The zero-order valence-corrected chi connectivity index (χ0v) is 11.5. The summed E-state index contributed by atoms with van der Waals surface area (Å²) in [4.78, 5) is 4.33. The Kier molecular flexibility index (Phi) is 3.71. The van der Waals surface area contributed by atoms with E-state index < -0.39 is 0 Å². The van der Waals surface area contributed by atoms with Gasteiger partial charge in [0.05, 0.1) is 6.61 Å². The molecule has 3 aromatic rings. The van der Waals surface area contributed by atoms with E-state index >= 15 is 0 Å². The fraction of sp³-hybridized carbons (Fsp3) is 0.118. The molecule has 0 fully saturated rings. The number of aromatic nitrogens is 1. The predicted octanol–water partition coefficient (Wildman–Crippen LogP) is 3.04. The first-order valence-corrected chi connectivity index (χ1v) is 6.76. The van der Waals surface area contributed by atoms with Crippen molar-refractivity contribution in [1.29, 1.82) is 0 Å². The standard InChI is InChI=1S/C17H16N2O2/c20-11-13-3-1-12(2-4-13)10-19-17-16-9-15(21)6-5-14(16)7-8-18-17/h1-9,20-21H,10-11H2,(H,18,19). The number of anilines is 1.